The number of rotatable bonds is 2. The molecule has 0 heterocycles. The second-order valence-electron chi connectivity index (χ2n) is 0.789. The Labute approximate surface area is 40.5 Å². The molecule has 5 N–H and O–H groups in total. The molecular weight excluding hydrogens is 98.0 g/mol. The van der Waals surface area contributed by atoms with Crippen molar-refractivity contribution in [3.8, 4) is 0 Å². The zero-order chi connectivity index (χ0) is 5.70. The first-order valence-electron chi connectivity index (χ1n) is 1.60. The summed E-state index contributed by atoms with van der Waals surface area (Å²) in [4.78, 5) is 4.05. The summed E-state index contributed by atoms with van der Waals surface area (Å²) in [5, 5.41) is 14.3. The normalized spacial score (nSPS) is 8.14. The SMILES string of the molecule is N=C(N)NOCO. The van der Waals surface area contributed by atoms with Crippen molar-refractivity contribution in [2.75, 3.05) is 6.79 Å². The number of hydrogen-bond donors (Lipinski definition) is 4. The lowest BCUT2D eigenvalue weighted by Crippen LogP contribution is -2.30. The van der Waals surface area contributed by atoms with E-state index in [9.17, 15) is 0 Å². The number of aliphatic hydroxyl groups excluding tert-OH is 1. The minimum Gasteiger partial charge on any atom is -0.368 e. The number of nitrogens with two attached hydrogens (primary N) is 1. The zero-order valence-corrected chi connectivity index (χ0v) is 3.64. The van der Waals surface area contributed by atoms with Crippen LogP contribution in [0.4, 0.5) is 0 Å². The Hall–Kier alpha value is -0.810. The predicted octanol–water partition coefficient (Wildman–Crippen LogP) is -1.65. The van der Waals surface area contributed by atoms with Crippen LogP contribution in [0.25, 0.3) is 0 Å². The minimum absolute atomic E-state index is 0.325. The van der Waals surface area contributed by atoms with Gasteiger partial charge in [-0.1, -0.05) is 0 Å². The van der Waals surface area contributed by atoms with E-state index in [-0.39, 0.29) is 5.96 Å². The highest BCUT2D eigenvalue weighted by Crippen LogP contribution is 1.54. The summed E-state index contributed by atoms with van der Waals surface area (Å²) in [6, 6.07) is 0. The van der Waals surface area contributed by atoms with Crippen molar-refractivity contribution in [3.63, 3.8) is 0 Å². The molecule has 0 amide bonds. The lowest BCUT2D eigenvalue weighted by molar-refractivity contribution is -0.0351. The zero-order valence-electron chi connectivity index (χ0n) is 3.64. The van der Waals surface area contributed by atoms with E-state index >= 15 is 0 Å². The second-order valence-corrected chi connectivity index (χ2v) is 0.789. The van der Waals surface area contributed by atoms with Gasteiger partial charge in [-0.05, 0) is 0 Å². The summed E-state index contributed by atoms with van der Waals surface area (Å²) in [5.74, 6) is -0.325. The molecule has 5 heteroatoms. The van der Waals surface area contributed by atoms with Crippen LogP contribution in [0, 0.1) is 5.41 Å². The molecule has 5 nitrogen and oxygen atoms in total. The van der Waals surface area contributed by atoms with Gasteiger partial charge in [0.15, 0.2) is 6.79 Å². The number of nitrogens with one attached hydrogen (secondary N) is 2. The number of hydrogen-bond acceptors (Lipinski definition) is 3. The Balaban J connectivity index is 2.82. The summed E-state index contributed by atoms with van der Waals surface area (Å²) < 4.78 is 0. The quantitative estimate of drug-likeness (QED) is 0.146. The van der Waals surface area contributed by atoms with Gasteiger partial charge in [0.2, 0.25) is 5.96 Å². The standard InChI is InChI=1S/C2H7N3O2/c3-2(4)5-7-1-6/h6H,1H2,(H4,3,4,5). The van der Waals surface area contributed by atoms with Gasteiger partial charge in [-0.2, -0.15) is 0 Å². The Bertz CT molecular complexity index is 64.0. The van der Waals surface area contributed by atoms with Crippen LogP contribution >= 0.6 is 0 Å². The molecule has 7 heavy (non-hydrogen) atoms. The second kappa shape index (κ2) is 3.38. The lowest BCUT2D eigenvalue weighted by Gasteiger charge is -1.97. The largest absolute Gasteiger partial charge is 0.368 e. The molecule has 42 valence electrons. The van der Waals surface area contributed by atoms with Crippen molar-refractivity contribution >= 4 is 5.96 Å². The molecule has 0 aliphatic heterocycles. The van der Waals surface area contributed by atoms with E-state index in [1.54, 1.807) is 0 Å². The monoisotopic (exact) mass is 105 g/mol. The smallest absolute Gasteiger partial charge is 0.210 e. The van der Waals surface area contributed by atoms with Crippen LogP contribution < -0.4 is 11.2 Å². The molecule has 0 fully saturated rings. The summed E-state index contributed by atoms with van der Waals surface area (Å²) in [5.41, 5.74) is 6.62. The molecule has 0 unspecified atom stereocenters. The molecule has 0 aromatic carbocycles. The topological polar surface area (TPSA) is 91.4 Å². The van der Waals surface area contributed by atoms with Crippen LogP contribution in [0.15, 0.2) is 0 Å². The van der Waals surface area contributed by atoms with E-state index in [2.05, 4.69) is 4.84 Å². The molecule has 0 aliphatic carbocycles. The van der Waals surface area contributed by atoms with Crippen LogP contribution in [-0.4, -0.2) is 17.9 Å². The molecule has 0 spiro atoms. The molecule has 0 saturated carbocycles. The molecule has 0 atom stereocenters. The predicted molar refractivity (Wildman–Crippen MR) is 23.2 cm³/mol. The third kappa shape index (κ3) is 5.19. The first-order chi connectivity index (χ1) is 3.27. The van der Waals surface area contributed by atoms with Crippen LogP contribution in [0.3, 0.4) is 0 Å². The average Bonchev–Trinajstić information content (AvgIpc) is 1.61. The Morgan fingerprint density at radius 1 is 2.00 bits per heavy atom. The number of aliphatic hydroxyl groups is 1. The van der Waals surface area contributed by atoms with E-state index in [0.29, 0.717) is 0 Å². The third-order valence-electron chi connectivity index (χ3n) is 0.247. The van der Waals surface area contributed by atoms with Gasteiger partial charge >= 0.3 is 0 Å². The Morgan fingerprint density at radius 3 is 2.71 bits per heavy atom. The van der Waals surface area contributed by atoms with Crippen molar-refractivity contribution < 1.29 is 9.94 Å². The first-order valence-corrected chi connectivity index (χ1v) is 1.60. The Morgan fingerprint density at radius 2 is 2.57 bits per heavy atom. The maximum absolute atomic E-state index is 7.88. The summed E-state index contributed by atoms with van der Waals surface area (Å²) >= 11 is 0. The maximum Gasteiger partial charge on any atom is 0.210 e. The van der Waals surface area contributed by atoms with Gasteiger partial charge in [0.1, 0.15) is 0 Å². The maximum atomic E-state index is 7.88. The average molecular weight is 105 g/mol. The van der Waals surface area contributed by atoms with E-state index in [1.807, 2.05) is 5.48 Å². The number of hydroxylamine groups is 1. The summed E-state index contributed by atoms with van der Waals surface area (Å²) in [7, 11) is 0. The lowest BCUT2D eigenvalue weighted by atomic mass is 11.1. The highest BCUT2D eigenvalue weighted by atomic mass is 16.7. The van der Waals surface area contributed by atoms with E-state index in [0.717, 1.165) is 0 Å². The molecule has 0 rings (SSSR count). The van der Waals surface area contributed by atoms with Crippen LogP contribution in [-0.2, 0) is 4.84 Å². The van der Waals surface area contributed by atoms with Gasteiger partial charge in [-0.15, -0.1) is 0 Å². The van der Waals surface area contributed by atoms with Crippen molar-refractivity contribution in [1.82, 2.24) is 5.48 Å². The van der Waals surface area contributed by atoms with E-state index < -0.39 is 6.79 Å². The fourth-order valence-corrected chi connectivity index (χ4v) is 0.110. The van der Waals surface area contributed by atoms with Gasteiger partial charge in [0.25, 0.3) is 0 Å². The summed E-state index contributed by atoms with van der Waals surface area (Å²) in [6.45, 7) is -0.487. The fraction of sp³-hybridized carbons (Fsp3) is 0.500. The van der Waals surface area contributed by atoms with Gasteiger partial charge in [0.05, 0.1) is 0 Å². The van der Waals surface area contributed by atoms with Crippen molar-refractivity contribution in [2.24, 2.45) is 5.73 Å². The van der Waals surface area contributed by atoms with Gasteiger partial charge in [-0.25, -0.2) is 10.3 Å². The van der Waals surface area contributed by atoms with Crippen LogP contribution in [0.5, 0.6) is 0 Å². The van der Waals surface area contributed by atoms with E-state index in [1.165, 1.54) is 0 Å². The van der Waals surface area contributed by atoms with Crippen LogP contribution in [0.2, 0.25) is 0 Å². The summed E-state index contributed by atoms with van der Waals surface area (Å²) in [6.07, 6.45) is 0. The third-order valence-corrected chi connectivity index (χ3v) is 0.247. The molecule has 0 saturated heterocycles. The molecule has 0 aliphatic rings. The van der Waals surface area contributed by atoms with Crippen molar-refractivity contribution in [3.05, 3.63) is 0 Å². The molecule has 0 radical (unpaired) electrons. The van der Waals surface area contributed by atoms with E-state index in [4.69, 9.17) is 16.2 Å². The highest BCUT2D eigenvalue weighted by Gasteiger charge is 1.79. The fourth-order valence-electron chi connectivity index (χ4n) is 0.110. The molecule has 0 bridgehead atoms. The van der Waals surface area contributed by atoms with Gasteiger partial charge in [-0.3, -0.25) is 5.41 Å². The molecule has 0 aromatic heterocycles. The number of guanidine groups is 1. The van der Waals surface area contributed by atoms with Crippen LogP contribution in [0.1, 0.15) is 0 Å². The first kappa shape index (κ1) is 6.19. The molecule has 0 aromatic rings. The van der Waals surface area contributed by atoms with Gasteiger partial charge < -0.3 is 10.8 Å². The van der Waals surface area contributed by atoms with Crippen molar-refractivity contribution in [2.45, 2.75) is 0 Å². The van der Waals surface area contributed by atoms with Crippen molar-refractivity contribution in [1.29, 1.82) is 5.41 Å². The van der Waals surface area contributed by atoms with Gasteiger partial charge in [0, 0.05) is 0 Å². The molecular formula is C2H7N3O2. The minimum atomic E-state index is -0.487. The highest BCUT2D eigenvalue weighted by molar-refractivity contribution is 5.72. The Kier molecular flexibility index (Phi) is 2.99.